The van der Waals surface area contributed by atoms with Gasteiger partial charge in [-0.05, 0) is 36.3 Å². The van der Waals surface area contributed by atoms with E-state index >= 15 is 0 Å². The molecule has 0 radical (unpaired) electrons. The number of unbranched alkanes of at least 4 members (excludes halogenated alkanes) is 1. The maximum Gasteiger partial charge on any atom is 0.354 e. The second kappa shape index (κ2) is 9.25. The summed E-state index contributed by atoms with van der Waals surface area (Å²) < 4.78 is 5.21. The highest BCUT2D eigenvalue weighted by Gasteiger charge is 2.15. The number of benzene rings is 1. The number of pyridine rings is 1. The molecule has 2 aromatic rings. The number of nitrogens with zero attached hydrogens (tertiary/aromatic N) is 1. The number of hydrogen-bond donors (Lipinski definition) is 1. The molecule has 5 nitrogen and oxygen atoms in total. The van der Waals surface area contributed by atoms with Crippen molar-refractivity contribution in [3.05, 3.63) is 71.7 Å². The Morgan fingerprint density at radius 2 is 1.96 bits per heavy atom. The van der Waals surface area contributed by atoms with E-state index in [1.54, 1.807) is 54.9 Å². The van der Waals surface area contributed by atoms with Crippen LogP contribution in [-0.2, 0) is 9.53 Å². The van der Waals surface area contributed by atoms with E-state index in [1.165, 1.54) is 0 Å². The number of aromatic nitrogens is 1. The number of rotatable bonds is 7. The molecule has 0 fully saturated rings. The Labute approximate surface area is 141 Å². The van der Waals surface area contributed by atoms with E-state index in [0.717, 1.165) is 12.8 Å². The summed E-state index contributed by atoms with van der Waals surface area (Å²) in [5.74, 6) is -0.922. The molecule has 5 heteroatoms. The molecule has 1 aromatic carbocycles. The topological polar surface area (TPSA) is 68.3 Å². The number of ether oxygens (including phenoxy) is 1. The Morgan fingerprint density at radius 3 is 2.62 bits per heavy atom. The summed E-state index contributed by atoms with van der Waals surface area (Å²) in [4.78, 5) is 28.6. The predicted molar refractivity (Wildman–Crippen MR) is 92.0 cm³/mol. The molecule has 2 rings (SSSR count). The molecular weight excluding hydrogens is 304 g/mol. The first-order valence-electron chi connectivity index (χ1n) is 7.86. The highest BCUT2D eigenvalue weighted by atomic mass is 16.5. The molecule has 0 unspecified atom stereocenters. The van der Waals surface area contributed by atoms with E-state index in [4.69, 9.17) is 4.74 Å². The van der Waals surface area contributed by atoms with E-state index < -0.39 is 5.97 Å². The molecule has 0 spiro atoms. The van der Waals surface area contributed by atoms with E-state index in [1.807, 2.05) is 13.0 Å². The summed E-state index contributed by atoms with van der Waals surface area (Å²) in [6.07, 6.45) is 6.50. The number of nitrogens with one attached hydrogen (secondary N) is 1. The lowest BCUT2D eigenvalue weighted by atomic mass is 10.2. The number of hydrogen-bond acceptors (Lipinski definition) is 4. The van der Waals surface area contributed by atoms with Crippen LogP contribution in [0.15, 0.2) is 60.6 Å². The van der Waals surface area contributed by atoms with Gasteiger partial charge in [0.25, 0.3) is 5.91 Å². The third-order valence-corrected chi connectivity index (χ3v) is 3.23. The Bertz CT molecular complexity index is 697. The lowest BCUT2D eigenvalue weighted by molar-refractivity contribution is -0.139. The number of carbonyl (C=O) groups excluding carboxylic acids is 2. The van der Waals surface area contributed by atoms with E-state index in [0.29, 0.717) is 17.7 Å². The van der Waals surface area contributed by atoms with Crippen LogP contribution >= 0.6 is 0 Å². The van der Waals surface area contributed by atoms with Gasteiger partial charge in [0.05, 0.1) is 6.61 Å². The molecule has 1 N–H and O–H groups in total. The first kappa shape index (κ1) is 17.4. The van der Waals surface area contributed by atoms with Crippen LogP contribution in [-0.4, -0.2) is 23.5 Å². The van der Waals surface area contributed by atoms with Crippen LogP contribution in [0.5, 0.6) is 0 Å². The van der Waals surface area contributed by atoms with E-state index in [9.17, 15) is 9.59 Å². The zero-order valence-corrected chi connectivity index (χ0v) is 13.6. The summed E-state index contributed by atoms with van der Waals surface area (Å²) in [6, 6.07) is 12.3. The number of amides is 1. The van der Waals surface area contributed by atoms with E-state index in [2.05, 4.69) is 10.3 Å². The molecule has 0 saturated carbocycles. The lowest BCUT2D eigenvalue weighted by Crippen LogP contribution is -2.28. The summed E-state index contributed by atoms with van der Waals surface area (Å²) in [7, 11) is 0. The Morgan fingerprint density at radius 1 is 1.17 bits per heavy atom. The van der Waals surface area contributed by atoms with Gasteiger partial charge in [0.1, 0.15) is 5.70 Å². The number of esters is 1. The maximum absolute atomic E-state index is 12.3. The Kier molecular flexibility index (Phi) is 6.71. The zero-order valence-electron chi connectivity index (χ0n) is 13.6. The van der Waals surface area contributed by atoms with Gasteiger partial charge in [0.2, 0.25) is 0 Å². The molecule has 0 aliphatic carbocycles. The number of carbonyl (C=O) groups is 2. The first-order valence-corrected chi connectivity index (χ1v) is 7.86. The van der Waals surface area contributed by atoms with Crippen molar-refractivity contribution >= 4 is 18.0 Å². The molecule has 24 heavy (non-hydrogen) atoms. The largest absolute Gasteiger partial charge is 0.461 e. The van der Waals surface area contributed by atoms with Crippen LogP contribution in [0, 0.1) is 0 Å². The van der Waals surface area contributed by atoms with Crippen molar-refractivity contribution in [2.45, 2.75) is 19.8 Å². The highest BCUT2D eigenvalue weighted by molar-refractivity contribution is 6.03. The molecule has 0 atom stereocenters. The smallest absolute Gasteiger partial charge is 0.354 e. The van der Waals surface area contributed by atoms with Gasteiger partial charge in [-0.15, -0.1) is 0 Å². The van der Waals surface area contributed by atoms with Crippen molar-refractivity contribution in [3.63, 3.8) is 0 Å². The van der Waals surface area contributed by atoms with Gasteiger partial charge in [0.15, 0.2) is 0 Å². The van der Waals surface area contributed by atoms with Crippen LogP contribution in [0.25, 0.3) is 6.08 Å². The lowest BCUT2D eigenvalue weighted by Gasteiger charge is -2.10. The average Bonchev–Trinajstić information content (AvgIpc) is 2.63. The summed E-state index contributed by atoms with van der Waals surface area (Å²) in [6.45, 7) is 2.33. The van der Waals surface area contributed by atoms with Crippen molar-refractivity contribution in [3.8, 4) is 0 Å². The summed E-state index contributed by atoms with van der Waals surface area (Å²) in [5, 5.41) is 2.63. The van der Waals surface area contributed by atoms with Gasteiger partial charge < -0.3 is 10.1 Å². The van der Waals surface area contributed by atoms with Crippen LogP contribution in [0.3, 0.4) is 0 Å². The van der Waals surface area contributed by atoms with Gasteiger partial charge >= 0.3 is 5.97 Å². The second-order valence-electron chi connectivity index (χ2n) is 5.15. The average molecular weight is 324 g/mol. The summed E-state index contributed by atoms with van der Waals surface area (Å²) in [5.41, 5.74) is 1.26. The van der Waals surface area contributed by atoms with Crippen molar-refractivity contribution in [2.75, 3.05) is 6.61 Å². The van der Waals surface area contributed by atoms with Gasteiger partial charge in [-0.25, -0.2) is 4.79 Å². The van der Waals surface area contributed by atoms with Crippen molar-refractivity contribution < 1.29 is 14.3 Å². The van der Waals surface area contributed by atoms with Crippen LogP contribution in [0.2, 0.25) is 0 Å². The molecule has 0 aliphatic rings. The molecule has 1 amide bonds. The first-order chi connectivity index (χ1) is 11.7. The van der Waals surface area contributed by atoms with Gasteiger partial charge in [0, 0.05) is 18.0 Å². The SMILES string of the molecule is CCCCOC(=O)C(=Cc1cccnc1)NC(=O)c1ccccc1. The maximum atomic E-state index is 12.3. The van der Waals surface area contributed by atoms with Crippen LogP contribution < -0.4 is 5.32 Å². The van der Waals surface area contributed by atoms with E-state index in [-0.39, 0.29) is 11.6 Å². The molecule has 1 aromatic heterocycles. The molecular formula is C19H20N2O3. The fourth-order valence-corrected chi connectivity index (χ4v) is 1.95. The minimum Gasteiger partial charge on any atom is -0.461 e. The third-order valence-electron chi connectivity index (χ3n) is 3.23. The minimum atomic E-state index is -0.559. The quantitative estimate of drug-likeness (QED) is 0.482. The highest BCUT2D eigenvalue weighted by Crippen LogP contribution is 2.08. The van der Waals surface area contributed by atoms with Crippen molar-refractivity contribution in [1.29, 1.82) is 0 Å². The molecule has 0 aliphatic heterocycles. The van der Waals surface area contributed by atoms with Crippen molar-refractivity contribution in [1.82, 2.24) is 10.3 Å². The summed E-state index contributed by atoms with van der Waals surface area (Å²) >= 11 is 0. The Hall–Kier alpha value is -2.95. The Balaban J connectivity index is 2.17. The fourth-order valence-electron chi connectivity index (χ4n) is 1.95. The monoisotopic (exact) mass is 324 g/mol. The molecule has 0 saturated heterocycles. The second-order valence-corrected chi connectivity index (χ2v) is 5.15. The van der Waals surface area contributed by atoms with Gasteiger partial charge in [-0.3, -0.25) is 9.78 Å². The zero-order chi connectivity index (χ0) is 17.2. The fraction of sp³-hybridized carbons (Fsp3) is 0.211. The van der Waals surface area contributed by atoms with Crippen LogP contribution in [0.4, 0.5) is 0 Å². The van der Waals surface area contributed by atoms with Gasteiger partial charge in [-0.2, -0.15) is 0 Å². The molecule has 124 valence electrons. The minimum absolute atomic E-state index is 0.0907. The predicted octanol–water partition coefficient (Wildman–Crippen LogP) is 3.20. The van der Waals surface area contributed by atoms with Crippen LogP contribution in [0.1, 0.15) is 35.7 Å². The molecule has 0 bridgehead atoms. The third kappa shape index (κ3) is 5.35. The van der Waals surface area contributed by atoms with Crippen molar-refractivity contribution in [2.24, 2.45) is 0 Å². The normalized spacial score (nSPS) is 11.0. The van der Waals surface area contributed by atoms with Gasteiger partial charge in [-0.1, -0.05) is 37.6 Å². The standard InChI is InChI=1S/C19H20N2O3/c1-2-3-12-24-19(23)17(13-15-8-7-11-20-14-15)21-18(22)16-9-5-4-6-10-16/h4-11,13-14H,2-3,12H2,1H3,(H,21,22). The molecule has 1 heterocycles.